The lowest BCUT2D eigenvalue weighted by Gasteiger charge is -2.14. The summed E-state index contributed by atoms with van der Waals surface area (Å²) in [6.45, 7) is 3.83. The van der Waals surface area contributed by atoms with Crippen molar-refractivity contribution >= 4 is 11.6 Å². The molecule has 7 heteroatoms. The summed E-state index contributed by atoms with van der Waals surface area (Å²) in [6.07, 6.45) is 6.65. The molecule has 0 spiro atoms. The molecule has 3 aromatic heterocycles. The molecule has 0 aliphatic carbocycles. The van der Waals surface area contributed by atoms with Gasteiger partial charge in [-0.2, -0.15) is 0 Å². The van der Waals surface area contributed by atoms with E-state index in [9.17, 15) is 4.79 Å². The van der Waals surface area contributed by atoms with Crippen molar-refractivity contribution in [2.45, 2.75) is 20.0 Å². The van der Waals surface area contributed by atoms with E-state index in [4.69, 9.17) is 11.6 Å². The van der Waals surface area contributed by atoms with E-state index in [0.29, 0.717) is 10.7 Å². The largest absolute Gasteiger partial charge is 0.293 e. The molecular formula is C15H14ClN5O. The summed E-state index contributed by atoms with van der Waals surface area (Å²) in [5.74, 6) is 0. The smallest absolute Gasteiger partial charge is 0.253 e. The molecule has 0 radical (unpaired) electrons. The van der Waals surface area contributed by atoms with Crippen LogP contribution in [0, 0.1) is 6.92 Å². The minimum atomic E-state index is -0.302. The van der Waals surface area contributed by atoms with Gasteiger partial charge in [-0.15, -0.1) is 5.10 Å². The molecule has 3 aromatic rings. The van der Waals surface area contributed by atoms with Gasteiger partial charge < -0.3 is 0 Å². The van der Waals surface area contributed by atoms with Crippen LogP contribution in [0.3, 0.4) is 0 Å². The molecule has 3 rings (SSSR count). The number of nitrogens with zero attached hydrogens (tertiary/aromatic N) is 5. The summed E-state index contributed by atoms with van der Waals surface area (Å²) in [7, 11) is 0. The van der Waals surface area contributed by atoms with Gasteiger partial charge in [0, 0.05) is 35.2 Å². The molecule has 0 aliphatic heterocycles. The highest BCUT2D eigenvalue weighted by Gasteiger charge is 2.12. The molecular weight excluding hydrogens is 302 g/mol. The number of aryl methyl sites for hydroxylation is 1. The van der Waals surface area contributed by atoms with Crippen molar-refractivity contribution < 1.29 is 0 Å². The third-order valence-electron chi connectivity index (χ3n) is 3.38. The first-order valence-corrected chi connectivity index (χ1v) is 7.14. The maximum Gasteiger partial charge on any atom is 0.253 e. The minimum absolute atomic E-state index is 0.186. The van der Waals surface area contributed by atoms with E-state index in [1.807, 2.05) is 19.9 Å². The number of hydrogen-bond acceptors (Lipinski definition) is 4. The monoisotopic (exact) mass is 315 g/mol. The Balaban J connectivity index is 1.95. The Morgan fingerprint density at radius 2 is 2.09 bits per heavy atom. The van der Waals surface area contributed by atoms with Crippen LogP contribution in [0.4, 0.5) is 0 Å². The fourth-order valence-electron chi connectivity index (χ4n) is 2.19. The van der Waals surface area contributed by atoms with Gasteiger partial charge >= 0.3 is 0 Å². The molecule has 0 saturated heterocycles. The molecule has 6 nitrogen and oxygen atoms in total. The molecule has 0 fully saturated rings. The first-order valence-electron chi connectivity index (χ1n) is 6.76. The molecule has 0 N–H and O–H groups in total. The Hall–Kier alpha value is -2.47. The van der Waals surface area contributed by atoms with Crippen LogP contribution >= 0.6 is 11.6 Å². The average Bonchev–Trinajstić information content (AvgIpc) is 2.96. The molecule has 0 saturated carbocycles. The summed E-state index contributed by atoms with van der Waals surface area (Å²) >= 11 is 5.81. The van der Waals surface area contributed by atoms with Crippen LogP contribution in [0.25, 0.3) is 11.3 Å². The van der Waals surface area contributed by atoms with Crippen LogP contribution in [0.15, 0.2) is 47.8 Å². The van der Waals surface area contributed by atoms with Crippen LogP contribution in [-0.4, -0.2) is 24.5 Å². The van der Waals surface area contributed by atoms with Gasteiger partial charge in [0.05, 0.1) is 6.20 Å². The highest BCUT2D eigenvalue weighted by Crippen LogP contribution is 2.18. The maximum atomic E-state index is 12.0. The zero-order valence-corrected chi connectivity index (χ0v) is 12.9. The van der Waals surface area contributed by atoms with Gasteiger partial charge in [-0.3, -0.25) is 14.3 Å². The number of pyridine rings is 2. The number of aromatic nitrogens is 5. The summed E-state index contributed by atoms with van der Waals surface area (Å²) < 4.78 is 3.17. The Labute approximate surface area is 132 Å². The Morgan fingerprint density at radius 3 is 2.82 bits per heavy atom. The molecule has 1 atom stereocenters. The third kappa shape index (κ3) is 2.78. The lowest BCUT2D eigenvalue weighted by molar-refractivity contribution is 0.405. The number of rotatable bonds is 3. The standard InChI is InChI=1S/C15H14ClN5O/c1-10-5-12(8-17-7-10)14-9-21(19-18-14)11(2)20-4-3-13(16)6-15(20)22/h3-9,11H,1-2H3. The van der Waals surface area contributed by atoms with E-state index in [0.717, 1.165) is 11.1 Å². The van der Waals surface area contributed by atoms with E-state index >= 15 is 0 Å². The quantitative estimate of drug-likeness (QED) is 0.745. The summed E-state index contributed by atoms with van der Waals surface area (Å²) in [4.78, 5) is 16.1. The third-order valence-corrected chi connectivity index (χ3v) is 3.61. The minimum Gasteiger partial charge on any atom is -0.293 e. The van der Waals surface area contributed by atoms with Gasteiger partial charge in [0.15, 0.2) is 0 Å². The van der Waals surface area contributed by atoms with Crippen LogP contribution < -0.4 is 5.56 Å². The van der Waals surface area contributed by atoms with Gasteiger partial charge in [-0.05, 0) is 31.5 Å². The average molecular weight is 316 g/mol. The van der Waals surface area contributed by atoms with Crippen LogP contribution in [0.2, 0.25) is 5.02 Å². The zero-order chi connectivity index (χ0) is 15.7. The van der Waals surface area contributed by atoms with Crippen LogP contribution in [0.1, 0.15) is 18.7 Å². The second kappa shape index (κ2) is 5.73. The summed E-state index contributed by atoms with van der Waals surface area (Å²) in [5.41, 5.74) is 2.47. The predicted octanol–water partition coefficient (Wildman–Crippen LogP) is 2.53. The lowest BCUT2D eigenvalue weighted by Crippen LogP contribution is -2.26. The molecule has 22 heavy (non-hydrogen) atoms. The van der Waals surface area contributed by atoms with E-state index in [-0.39, 0.29) is 11.7 Å². The van der Waals surface area contributed by atoms with E-state index in [1.165, 1.54) is 6.07 Å². The van der Waals surface area contributed by atoms with Crippen molar-refractivity contribution in [1.82, 2.24) is 24.5 Å². The highest BCUT2D eigenvalue weighted by molar-refractivity contribution is 6.30. The van der Waals surface area contributed by atoms with Crippen molar-refractivity contribution in [2.75, 3.05) is 0 Å². The summed E-state index contributed by atoms with van der Waals surface area (Å²) in [6, 6.07) is 5.03. The van der Waals surface area contributed by atoms with Crippen molar-refractivity contribution in [3.63, 3.8) is 0 Å². The van der Waals surface area contributed by atoms with Crippen molar-refractivity contribution in [1.29, 1.82) is 0 Å². The van der Waals surface area contributed by atoms with Gasteiger partial charge in [0.1, 0.15) is 11.9 Å². The normalized spacial score (nSPS) is 12.3. The summed E-state index contributed by atoms with van der Waals surface area (Å²) in [5, 5.41) is 8.68. The van der Waals surface area contributed by atoms with Crippen LogP contribution in [0.5, 0.6) is 0 Å². The molecule has 0 amide bonds. The van der Waals surface area contributed by atoms with Crippen molar-refractivity contribution in [3.8, 4) is 11.3 Å². The van der Waals surface area contributed by atoms with Gasteiger partial charge in [0.25, 0.3) is 5.56 Å². The topological polar surface area (TPSA) is 65.6 Å². The van der Waals surface area contributed by atoms with Gasteiger partial charge in [0.2, 0.25) is 0 Å². The van der Waals surface area contributed by atoms with Gasteiger partial charge in [-0.1, -0.05) is 16.8 Å². The molecule has 0 bridgehead atoms. The maximum absolute atomic E-state index is 12.0. The van der Waals surface area contributed by atoms with Crippen molar-refractivity contribution in [2.24, 2.45) is 0 Å². The van der Waals surface area contributed by atoms with E-state index < -0.39 is 0 Å². The first-order chi connectivity index (χ1) is 10.5. The molecule has 0 aromatic carbocycles. The molecule has 0 aliphatic rings. The van der Waals surface area contributed by atoms with E-state index in [1.54, 1.807) is 40.1 Å². The van der Waals surface area contributed by atoms with Gasteiger partial charge in [-0.25, -0.2) is 4.68 Å². The fraction of sp³-hybridized carbons (Fsp3) is 0.200. The SMILES string of the molecule is Cc1cncc(-c2cn(C(C)n3ccc(Cl)cc3=O)nn2)c1. The fourth-order valence-corrected chi connectivity index (χ4v) is 2.34. The second-order valence-electron chi connectivity index (χ2n) is 5.06. The first kappa shape index (κ1) is 14.5. The number of hydrogen-bond donors (Lipinski definition) is 0. The lowest BCUT2D eigenvalue weighted by atomic mass is 10.2. The zero-order valence-electron chi connectivity index (χ0n) is 12.1. The predicted molar refractivity (Wildman–Crippen MR) is 83.8 cm³/mol. The second-order valence-corrected chi connectivity index (χ2v) is 5.49. The van der Waals surface area contributed by atoms with Crippen LogP contribution in [-0.2, 0) is 0 Å². The van der Waals surface area contributed by atoms with Crippen molar-refractivity contribution in [3.05, 3.63) is 63.9 Å². The molecule has 1 unspecified atom stereocenters. The Kier molecular flexibility index (Phi) is 3.77. The van der Waals surface area contributed by atoms with E-state index in [2.05, 4.69) is 15.3 Å². The molecule has 112 valence electrons. The number of halogens is 1. The highest BCUT2D eigenvalue weighted by atomic mass is 35.5. The molecule has 3 heterocycles. The Morgan fingerprint density at radius 1 is 1.27 bits per heavy atom. The Bertz CT molecular complexity index is 870.